The molecule has 0 aromatic heterocycles. The molecule has 2 amide bonds. The monoisotopic (exact) mass is 328 g/mol. The van der Waals surface area contributed by atoms with E-state index < -0.39 is 17.6 Å². The summed E-state index contributed by atoms with van der Waals surface area (Å²) in [6.45, 7) is 2.48. The molecule has 0 aliphatic carbocycles. The second-order valence-corrected chi connectivity index (χ2v) is 4.76. The maximum atomic E-state index is 13.4. The van der Waals surface area contributed by atoms with Crippen molar-refractivity contribution >= 4 is 17.9 Å². The van der Waals surface area contributed by atoms with E-state index in [9.17, 15) is 14.0 Å². The second kappa shape index (κ2) is 8.47. The third kappa shape index (κ3) is 4.95. The molecular formula is C18H17FN2O3. The summed E-state index contributed by atoms with van der Waals surface area (Å²) in [6.07, 6.45) is 2.84. The largest absolute Gasteiger partial charge is 0.494 e. The van der Waals surface area contributed by atoms with Crippen molar-refractivity contribution in [2.45, 2.75) is 6.92 Å². The van der Waals surface area contributed by atoms with E-state index in [2.05, 4.69) is 10.9 Å². The molecule has 0 unspecified atom stereocenters. The molecule has 2 N–H and O–H groups in total. The zero-order valence-corrected chi connectivity index (χ0v) is 13.1. The minimum absolute atomic E-state index is 0.145. The lowest BCUT2D eigenvalue weighted by molar-refractivity contribution is -0.117. The molecule has 0 spiro atoms. The number of amides is 2. The highest BCUT2D eigenvalue weighted by Crippen LogP contribution is 2.12. The van der Waals surface area contributed by atoms with Gasteiger partial charge in [0.2, 0.25) is 0 Å². The zero-order chi connectivity index (χ0) is 17.4. The quantitative estimate of drug-likeness (QED) is 0.655. The molecule has 0 fully saturated rings. The number of rotatable bonds is 5. The van der Waals surface area contributed by atoms with E-state index in [4.69, 9.17) is 4.74 Å². The van der Waals surface area contributed by atoms with E-state index in [1.165, 1.54) is 30.3 Å². The van der Waals surface area contributed by atoms with Gasteiger partial charge in [-0.05, 0) is 42.8 Å². The molecular weight excluding hydrogens is 311 g/mol. The molecule has 124 valence electrons. The van der Waals surface area contributed by atoms with Gasteiger partial charge < -0.3 is 4.74 Å². The molecule has 0 saturated heterocycles. The van der Waals surface area contributed by atoms with Crippen molar-refractivity contribution in [3.63, 3.8) is 0 Å². The Morgan fingerprint density at radius 3 is 2.46 bits per heavy atom. The van der Waals surface area contributed by atoms with Crippen molar-refractivity contribution in [1.82, 2.24) is 10.9 Å². The first kappa shape index (κ1) is 17.2. The number of nitrogens with one attached hydrogen (secondary N) is 2. The molecule has 2 aromatic rings. The van der Waals surface area contributed by atoms with Crippen LogP contribution in [-0.4, -0.2) is 18.4 Å². The number of carbonyl (C=O) groups excluding carboxylic acids is 2. The van der Waals surface area contributed by atoms with E-state index in [0.29, 0.717) is 6.61 Å². The van der Waals surface area contributed by atoms with Gasteiger partial charge in [-0.2, -0.15) is 0 Å². The molecule has 0 heterocycles. The molecule has 0 radical (unpaired) electrons. The summed E-state index contributed by atoms with van der Waals surface area (Å²) in [5.74, 6) is -1.17. The van der Waals surface area contributed by atoms with E-state index >= 15 is 0 Å². The summed E-state index contributed by atoms with van der Waals surface area (Å²) < 4.78 is 18.7. The van der Waals surface area contributed by atoms with Crippen LogP contribution in [0.1, 0.15) is 22.8 Å². The van der Waals surface area contributed by atoms with Gasteiger partial charge in [0.15, 0.2) is 0 Å². The van der Waals surface area contributed by atoms with Crippen LogP contribution in [0.5, 0.6) is 5.75 Å². The first-order valence-electron chi connectivity index (χ1n) is 7.36. The highest BCUT2D eigenvalue weighted by molar-refractivity contribution is 5.98. The minimum Gasteiger partial charge on any atom is -0.494 e. The standard InChI is InChI=1S/C18H17FN2O3/c1-2-24-14-10-7-13(8-11-14)9-12-17(22)20-21-18(23)15-5-3-4-6-16(15)19/h3-12H,2H2,1H3,(H,20,22)(H,21,23). The number of halogens is 1. The van der Waals surface area contributed by atoms with Gasteiger partial charge in [0, 0.05) is 6.08 Å². The SMILES string of the molecule is CCOc1ccc(C=CC(=O)NNC(=O)c2ccccc2F)cc1. The molecule has 0 bridgehead atoms. The summed E-state index contributed by atoms with van der Waals surface area (Å²) in [6, 6.07) is 12.7. The second-order valence-electron chi connectivity index (χ2n) is 4.76. The Hall–Kier alpha value is -3.15. The lowest BCUT2D eigenvalue weighted by Crippen LogP contribution is -2.41. The molecule has 2 rings (SSSR count). The lowest BCUT2D eigenvalue weighted by atomic mass is 10.2. The van der Waals surface area contributed by atoms with Gasteiger partial charge in [-0.15, -0.1) is 0 Å². The van der Waals surface area contributed by atoms with Gasteiger partial charge in [-0.25, -0.2) is 4.39 Å². The maximum Gasteiger partial charge on any atom is 0.272 e. The number of hydrogen-bond acceptors (Lipinski definition) is 3. The van der Waals surface area contributed by atoms with Gasteiger partial charge in [0.25, 0.3) is 11.8 Å². The van der Waals surface area contributed by atoms with Crippen LogP contribution >= 0.6 is 0 Å². The number of ether oxygens (including phenoxy) is 1. The van der Waals surface area contributed by atoms with Crippen molar-refractivity contribution in [2.24, 2.45) is 0 Å². The van der Waals surface area contributed by atoms with Crippen LogP contribution in [0.4, 0.5) is 4.39 Å². The molecule has 2 aromatic carbocycles. The first-order valence-corrected chi connectivity index (χ1v) is 7.36. The van der Waals surface area contributed by atoms with Crippen molar-refractivity contribution < 1.29 is 18.7 Å². The summed E-state index contributed by atoms with van der Waals surface area (Å²) in [5.41, 5.74) is 5.00. The van der Waals surface area contributed by atoms with E-state index in [0.717, 1.165) is 11.3 Å². The van der Waals surface area contributed by atoms with Crippen molar-refractivity contribution in [2.75, 3.05) is 6.61 Å². The smallest absolute Gasteiger partial charge is 0.272 e. The zero-order valence-electron chi connectivity index (χ0n) is 13.1. The van der Waals surface area contributed by atoms with Crippen molar-refractivity contribution in [3.8, 4) is 5.75 Å². The Morgan fingerprint density at radius 2 is 1.79 bits per heavy atom. The normalized spacial score (nSPS) is 10.4. The summed E-state index contributed by atoms with van der Waals surface area (Å²) in [4.78, 5) is 23.4. The lowest BCUT2D eigenvalue weighted by Gasteiger charge is -2.06. The maximum absolute atomic E-state index is 13.4. The topological polar surface area (TPSA) is 67.4 Å². The Kier molecular flexibility index (Phi) is 6.08. The van der Waals surface area contributed by atoms with Crippen LogP contribution in [0.15, 0.2) is 54.6 Å². The highest BCUT2D eigenvalue weighted by atomic mass is 19.1. The van der Waals surface area contributed by atoms with Crippen LogP contribution < -0.4 is 15.6 Å². The van der Waals surface area contributed by atoms with Crippen LogP contribution in [-0.2, 0) is 4.79 Å². The molecule has 0 saturated carbocycles. The number of hydrogen-bond donors (Lipinski definition) is 2. The number of benzene rings is 2. The van der Waals surface area contributed by atoms with Crippen LogP contribution in [0.3, 0.4) is 0 Å². The third-order valence-electron chi connectivity index (χ3n) is 3.04. The minimum atomic E-state index is -0.726. The molecule has 0 atom stereocenters. The predicted molar refractivity (Wildman–Crippen MR) is 88.7 cm³/mol. The fraction of sp³-hybridized carbons (Fsp3) is 0.111. The molecule has 0 aliphatic rings. The fourth-order valence-electron chi connectivity index (χ4n) is 1.89. The van der Waals surface area contributed by atoms with Gasteiger partial charge >= 0.3 is 0 Å². The third-order valence-corrected chi connectivity index (χ3v) is 3.04. The Labute approximate surface area is 139 Å². The molecule has 5 nitrogen and oxygen atoms in total. The van der Waals surface area contributed by atoms with E-state index in [1.807, 2.05) is 6.92 Å². The fourth-order valence-corrected chi connectivity index (χ4v) is 1.89. The van der Waals surface area contributed by atoms with Crippen molar-refractivity contribution in [3.05, 3.63) is 71.6 Å². The Morgan fingerprint density at radius 1 is 1.08 bits per heavy atom. The summed E-state index contributed by atoms with van der Waals surface area (Å²) in [5, 5.41) is 0. The number of carbonyl (C=O) groups is 2. The van der Waals surface area contributed by atoms with Crippen LogP contribution in [0.25, 0.3) is 6.08 Å². The van der Waals surface area contributed by atoms with Gasteiger partial charge in [-0.3, -0.25) is 20.4 Å². The van der Waals surface area contributed by atoms with Crippen LogP contribution in [0, 0.1) is 5.82 Å². The first-order chi connectivity index (χ1) is 11.6. The van der Waals surface area contributed by atoms with E-state index in [1.54, 1.807) is 30.3 Å². The highest BCUT2D eigenvalue weighted by Gasteiger charge is 2.10. The van der Waals surface area contributed by atoms with Gasteiger partial charge in [-0.1, -0.05) is 24.3 Å². The average molecular weight is 328 g/mol. The van der Waals surface area contributed by atoms with Crippen LogP contribution in [0.2, 0.25) is 0 Å². The summed E-state index contributed by atoms with van der Waals surface area (Å²) in [7, 11) is 0. The average Bonchev–Trinajstić information content (AvgIpc) is 2.60. The molecule has 24 heavy (non-hydrogen) atoms. The Balaban J connectivity index is 1.86. The summed E-state index contributed by atoms with van der Waals surface area (Å²) >= 11 is 0. The predicted octanol–water partition coefficient (Wildman–Crippen LogP) is 2.70. The molecule has 6 heteroatoms. The van der Waals surface area contributed by atoms with Gasteiger partial charge in [0.05, 0.1) is 12.2 Å². The van der Waals surface area contributed by atoms with E-state index in [-0.39, 0.29) is 5.56 Å². The molecule has 0 aliphatic heterocycles. The van der Waals surface area contributed by atoms with Gasteiger partial charge in [0.1, 0.15) is 11.6 Å². The number of hydrazine groups is 1. The van der Waals surface area contributed by atoms with Crippen molar-refractivity contribution in [1.29, 1.82) is 0 Å². The Bertz CT molecular complexity index is 742.